The zero-order chi connectivity index (χ0) is 11.7. The summed E-state index contributed by atoms with van der Waals surface area (Å²) in [4.78, 5) is 5.45. The minimum Gasteiger partial charge on any atom is -0.323 e. The van der Waals surface area contributed by atoms with Crippen molar-refractivity contribution >= 4 is 22.9 Å². The van der Waals surface area contributed by atoms with Crippen molar-refractivity contribution in [2.75, 3.05) is 0 Å². The fourth-order valence-electron chi connectivity index (χ4n) is 1.36. The number of thiazole rings is 1. The molecule has 2 nitrogen and oxygen atoms in total. The van der Waals surface area contributed by atoms with E-state index in [1.807, 2.05) is 38.2 Å². The van der Waals surface area contributed by atoms with E-state index in [4.69, 9.17) is 17.3 Å². The molecule has 1 aromatic carbocycles. The first-order chi connectivity index (χ1) is 7.58. The van der Waals surface area contributed by atoms with E-state index < -0.39 is 0 Å². The summed E-state index contributed by atoms with van der Waals surface area (Å²) in [6.45, 7) is 3.95. The summed E-state index contributed by atoms with van der Waals surface area (Å²) < 4.78 is 0. The number of aryl methyl sites for hydroxylation is 1. The molecule has 0 saturated heterocycles. The molecule has 0 spiro atoms. The predicted molar refractivity (Wildman–Crippen MR) is 69.9 cm³/mol. The van der Waals surface area contributed by atoms with E-state index in [0.717, 1.165) is 26.0 Å². The van der Waals surface area contributed by atoms with Gasteiger partial charge in [0, 0.05) is 27.7 Å². The van der Waals surface area contributed by atoms with Gasteiger partial charge in [0.15, 0.2) is 0 Å². The summed E-state index contributed by atoms with van der Waals surface area (Å²) in [5.41, 5.74) is 7.93. The van der Waals surface area contributed by atoms with Crippen LogP contribution in [0, 0.1) is 6.92 Å². The molecule has 0 fully saturated rings. The van der Waals surface area contributed by atoms with Gasteiger partial charge >= 0.3 is 0 Å². The molecule has 0 radical (unpaired) electrons. The smallest absolute Gasteiger partial charge is 0.123 e. The SMILES string of the molecule is Cc1ccc(-c2ncc(C(C)N)s2)cc1Cl. The van der Waals surface area contributed by atoms with Gasteiger partial charge < -0.3 is 5.73 Å². The molecule has 0 aliphatic heterocycles. The Morgan fingerprint density at radius 2 is 2.19 bits per heavy atom. The molecular weight excluding hydrogens is 240 g/mol. The first-order valence-electron chi connectivity index (χ1n) is 5.06. The lowest BCUT2D eigenvalue weighted by Gasteiger charge is -2.01. The first-order valence-corrected chi connectivity index (χ1v) is 6.25. The third kappa shape index (κ3) is 2.26. The minimum atomic E-state index is 0.0344. The van der Waals surface area contributed by atoms with Gasteiger partial charge in [-0.3, -0.25) is 0 Å². The molecule has 1 atom stereocenters. The molecule has 1 heterocycles. The van der Waals surface area contributed by atoms with Crippen LogP contribution in [0.2, 0.25) is 5.02 Å². The summed E-state index contributed by atoms with van der Waals surface area (Å²) in [5, 5.41) is 1.74. The highest BCUT2D eigenvalue weighted by molar-refractivity contribution is 7.15. The van der Waals surface area contributed by atoms with Crippen molar-refractivity contribution in [3.8, 4) is 10.6 Å². The molecule has 16 heavy (non-hydrogen) atoms. The second-order valence-corrected chi connectivity index (χ2v) is 5.29. The molecule has 1 unspecified atom stereocenters. The van der Waals surface area contributed by atoms with Crippen LogP contribution in [-0.4, -0.2) is 4.98 Å². The lowest BCUT2D eigenvalue weighted by molar-refractivity contribution is 0.835. The molecule has 0 aliphatic rings. The lowest BCUT2D eigenvalue weighted by Crippen LogP contribution is -2.01. The van der Waals surface area contributed by atoms with Crippen LogP contribution in [0.1, 0.15) is 23.4 Å². The van der Waals surface area contributed by atoms with Crippen molar-refractivity contribution in [1.29, 1.82) is 0 Å². The maximum Gasteiger partial charge on any atom is 0.123 e. The number of hydrogen-bond acceptors (Lipinski definition) is 3. The molecular formula is C12H13ClN2S. The van der Waals surface area contributed by atoms with Crippen LogP contribution in [0.5, 0.6) is 0 Å². The molecule has 2 rings (SSSR count). The zero-order valence-electron chi connectivity index (χ0n) is 9.20. The third-order valence-electron chi connectivity index (χ3n) is 2.39. The van der Waals surface area contributed by atoms with Crippen LogP contribution in [0.3, 0.4) is 0 Å². The molecule has 84 valence electrons. The third-order valence-corrected chi connectivity index (χ3v) is 4.05. The second-order valence-electron chi connectivity index (χ2n) is 3.82. The summed E-state index contributed by atoms with van der Waals surface area (Å²) in [5.74, 6) is 0. The Morgan fingerprint density at radius 1 is 1.44 bits per heavy atom. The maximum atomic E-state index is 6.09. The van der Waals surface area contributed by atoms with Crippen molar-refractivity contribution in [1.82, 2.24) is 4.98 Å². The Labute approximate surface area is 104 Å². The summed E-state index contributed by atoms with van der Waals surface area (Å²) in [6.07, 6.45) is 1.83. The van der Waals surface area contributed by atoms with Gasteiger partial charge in [-0.1, -0.05) is 23.7 Å². The number of nitrogens with two attached hydrogens (primary N) is 1. The quantitative estimate of drug-likeness (QED) is 0.883. The lowest BCUT2D eigenvalue weighted by atomic mass is 10.1. The topological polar surface area (TPSA) is 38.9 Å². The molecule has 2 N–H and O–H groups in total. The van der Waals surface area contributed by atoms with Gasteiger partial charge in [0.25, 0.3) is 0 Å². The number of halogens is 1. The van der Waals surface area contributed by atoms with Crippen LogP contribution >= 0.6 is 22.9 Å². The average Bonchev–Trinajstić information content (AvgIpc) is 2.71. The molecule has 0 saturated carbocycles. The second kappa shape index (κ2) is 4.53. The van der Waals surface area contributed by atoms with Crippen LogP contribution in [0.4, 0.5) is 0 Å². The highest BCUT2D eigenvalue weighted by Crippen LogP contribution is 2.30. The van der Waals surface area contributed by atoms with Crippen LogP contribution in [-0.2, 0) is 0 Å². The fourth-order valence-corrected chi connectivity index (χ4v) is 2.40. The highest BCUT2D eigenvalue weighted by atomic mass is 35.5. The summed E-state index contributed by atoms with van der Waals surface area (Å²) in [6, 6.07) is 6.02. The van der Waals surface area contributed by atoms with Gasteiger partial charge in [-0.25, -0.2) is 4.98 Å². The Kier molecular flexibility index (Phi) is 3.28. The maximum absolute atomic E-state index is 6.09. The molecule has 0 aliphatic carbocycles. The zero-order valence-corrected chi connectivity index (χ0v) is 10.8. The van der Waals surface area contributed by atoms with Gasteiger partial charge in [-0.15, -0.1) is 11.3 Å². The Bertz CT molecular complexity index is 505. The average molecular weight is 253 g/mol. The number of benzene rings is 1. The Morgan fingerprint density at radius 3 is 2.75 bits per heavy atom. The van der Waals surface area contributed by atoms with Gasteiger partial charge in [0.05, 0.1) is 0 Å². The van der Waals surface area contributed by atoms with Crippen molar-refractivity contribution < 1.29 is 0 Å². The normalized spacial score (nSPS) is 12.8. The van der Waals surface area contributed by atoms with Crippen LogP contribution in [0.15, 0.2) is 24.4 Å². The summed E-state index contributed by atoms with van der Waals surface area (Å²) >= 11 is 7.70. The highest BCUT2D eigenvalue weighted by Gasteiger charge is 2.08. The Balaban J connectivity index is 2.39. The van der Waals surface area contributed by atoms with E-state index in [9.17, 15) is 0 Å². The van der Waals surface area contributed by atoms with E-state index in [-0.39, 0.29) is 6.04 Å². The summed E-state index contributed by atoms with van der Waals surface area (Å²) in [7, 11) is 0. The minimum absolute atomic E-state index is 0.0344. The van der Waals surface area contributed by atoms with Gasteiger partial charge in [-0.2, -0.15) is 0 Å². The van der Waals surface area contributed by atoms with E-state index in [1.54, 1.807) is 11.3 Å². The number of nitrogens with zero attached hydrogens (tertiary/aromatic N) is 1. The largest absolute Gasteiger partial charge is 0.323 e. The van der Waals surface area contributed by atoms with Crippen molar-refractivity contribution in [3.63, 3.8) is 0 Å². The molecule has 0 bridgehead atoms. The monoisotopic (exact) mass is 252 g/mol. The standard InChI is InChI=1S/C12H13ClN2S/c1-7-3-4-9(5-10(7)13)12-15-6-11(16-12)8(2)14/h3-6,8H,14H2,1-2H3. The molecule has 0 amide bonds. The number of aromatic nitrogens is 1. The first kappa shape index (κ1) is 11.6. The van der Waals surface area contributed by atoms with E-state index in [1.165, 1.54) is 0 Å². The molecule has 1 aromatic heterocycles. The molecule has 2 aromatic rings. The van der Waals surface area contributed by atoms with Gasteiger partial charge in [0.1, 0.15) is 5.01 Å². The van der Waals surface area contributed by atoms with Crippen molar-refractivity contribution in [2.24, 2.45) is 5.73 Å². The van der Waals surface area contributed by atoms with Gasteiger partial charge in [-0.05, 0) is 25.5 Å². The Hall–Kier alpha value is -0.900. The van der Waals surface area contributed by atoms with Crippen LogP contribution < -0.4 is 5.73 Å². The number of hydrogen-bond donors (Lipinski definition) is 1. The van der Waals surface area contributed by atoms with Crippen LogP contribution in [0.25, 0.3) is 10.6 Å². The van der Waals surface area contributed by atoms with E-state index >= 15 is 0 Å². The van der Waals surface area contributed by atoms with E-state index in [0.29, 0.717) is 0 Å². The fraction of sp³-hybridized carbons (Fsp3) is 0.250. The molecule has 4 heteroatoms. The van der Waals surface area contributed by atoms with E-state index in [2.05, 4.69) is 4.98 Å². The number of rotatable bonds is 2. The van der Waals surface area contributed by atoms with Crippen molar-refractivity contribution in [2.45, 2.75) is 19.9 Å². The predicted octanol–water partition coefficient (Wildman–Crippen LogP) is 3.79. The van der Waals surface area contributed by atoms with Gasteiger partial charge in [0.2, 0.25) is 0 Å². The van der Waals surface area contributed by atoms with Crippen molar-refractivity contribution in [3.05, 3.63) is 39.9 Å².